The molecular weight excluding hydrogens is 339 g/mol. The molecule has 1 N–H and O–H groups in total. The zero-order valence-corrected chi connectivity index (χ0v) is 14.9. The van der Waals surface area contributed by atoms with E-state index >= 15 is 0 Å². The molecule has 126 valence electrons. The Balaban J connectivity index is 2.42. The van der Waals surface area contributed by atoms with Crippen molar-refractivity contribution in [2.45, 2.75) is 38.8 Å². The summed E-state index contributed by atoms with van der Waals surface area (Å²) in [6.45, 7) is 4.08. The van der Waals surface area contributed by atoms with Crippen LogP contribution in [0, 0.1) is 5.92 Å². The van der Waals surface area contributed by atoms with Crippen LogP contribution in [-0.4, -0.2) is 29.6 Å². The van der Waals surface area contributed by atoms with Crippen molar-refractivity contribution in [3.8, 4) is 0 Å². The summed E-state index contributed by atoms with van der Waals surface area (Å²) < 4.78 is 5.82. The molecule has 0 fully saturated rings. The summed E-state index contributed by atoms with van der Waals surface area (Å²) in [5, 5.41) is 16.3. The van der Waals surface area contributed by atoms with Crippen molar-refractivity contribution in [1.29, 1.82) is 0 Å². The lowest BCUT2D eigenvalue weighted by Gasteiger charge is -2.40. The highest BCUT2D eigenvalue weighted by Gasteiger charge is 2.46. The Bertz CT molecular complexity index is 634. The molecule has 2 rings (SSSR count). The highest BCUT2D eigenvalue weighted by molar-refractivity contribution is 6.36. The molecule has 1 heterocycles. The summed E-state index contributed by atoms with van der Waals surface area (Å²) in [5.74, 6) is -0.728. The molecule has 23 heavy (non-hydrogen) atoms. The van der Waals surface area contributed by atoms with E-state index in [2.05, 4.69) is 5.10 Å². The molecular formula is C16H20Cl2N2O3. The summed E-state index contributed by atoms with van der Waals surface area (Å²) >= 11 is 12.3. The maximum Gasteiger partial charge on any atom is 0.303 e. The van der Waals surface area contributed by atoms with Crippen LogP contribution in [0.3, 0.4) is 0 Å². The van der Waals surface area contributed by atoms with Gasteiger partial charge in [0.2, 0.25) is 0 Å². The van der Waals surface area contributed by atoms with Crippen molar-refractivity contribution in [3.05, 3.63) is 28.2 Å². The molecule has 7 heteroatoms. The summed E-state index contributed by atoms with van der Waals surface area (Å²) in [5.41, 5.74) is 0.789. The largest absolute Gasteiger partial charge is 0.481 e. The van der Waals surface area contributed by atoms with Gasteiger partial charge in [-0.2, -0.15) is 5.10 Å². The Hall–Kier alpha value is -1.30. The second-order valence-electron chi connectivity index (χ2n) is 5.85. The minimum absolute atomic E-state index is 0.0406. The maximum atomic E-state index is 10.8. The second kappa shape index (κ2) is 7.07. The Kier molecular flexibility index (Phi) is 5.55. The fourth-order valence-corrected chi connectivity index (χ4v) is 3.26. The van der Waals surface area contributed by atoms with Gasteiger partial charge in [-0.1, -0.05) is 37.0 Å². The number of ether oxygens (including phenoxy) is 1. The topological polar surface area (TPSA) is 62.1 Å². The lowest BCUT2D eigenvalue weighted by Crippen LogP contribution is -2.49. The monoisotopic (exact) mass is 358 g/mol. The second-order valence-corrected chi connectivity index (χ2v) is 6.69. The zero-order valence-electron chi connectivity index (χ0n) is 13.3. The summed E-state index contributed by atoms with van der Waals surface area (Å²) in [7, 11) is 1.63. The molecule has 0 aromatic heterocycles. The molecule has 0 radical (unpaired) electrons. The molecule has 1 unspecified atom stereocenters. The normalized spacial score (nSPS) is 21.0. The van der Waals surface area contributed by atoms with Gasteiger partial charge in [0.15, 0.2) is 5.72 Å². The van der Waals surface area contributed by atoms with E-state index in [9.17, 15) is 4.79 Å². The fraction of sp³-hybridized carbons (Fsp3) is 0.500. The molecule has 1 atom stereocenters. The quantitative estimate of drug-likeness (QED) is 0.817. The first-order valence-electron chi connectivity index (χ1n) is 7.38. The number of carboxylic acid groups (broad SMARTS) is 1. The van der Waals surface area contributed by atoms with Crippen molar-refractivity contribution in [2.24, 2.45) is 11.0 Å². The SMILES string of the molecule is COC1(C(C)C)CC(CCC(=O)O)=NN1c1ccc(Cl)cc1Cl. The number of aliphatic carboxylic acids is 1. The number of carboxylic acids is 1. The first-order chi connectivity index (χ1) is 10.8. The first-order valence-corrected chi connectivity index (χ1v) is 8.14. The van der Waals surface area contributed by atoms with Crippen LogP contribution in [-0.2, 0) is 9.53 Å². The third-order valence-corrected chi connectivity index (χ3v) is 4.62. The van der Waals surface area contributed by atoms with Gasteiger partial charge in [-0.05, 0) is 24.6 Å². The van der Waals surface area contributed by atoms with E-state index in [4.69, 9.17) is 33.0 Å². The molecule has 0 amide bonds. The summed E-state index contributed by atoms with van der Waals surface area (Å²) in [4.78, 5) is 10.8. The predicted molar refractivity (Wildman–Crippen MR) is 92.4 cm³/mol. The minimum Gasteiger partial charge on any atom is -0.481 e. The van der Waals surface area contributed by atoms with E-state index in [0.29, 0.717) is 28.6 Å². The molecule has 1 aromatic carbocycles. The molecule has 5 nitrogen and oxygen atoms in total. The first kappa shape index (κ1) is 18.0. The number of nitrogens with zero attached hydrogens (tertiary/aromatic N) is 2. The molecule has 0 saturated carbocycles. The van der Waals surface area contributed by atoms with Crippen LogP contribution in [0.15, 0.2) is 23.3 Å². The zero-order chi connectivity index (χ0) is 17.2. The fourth-order valence-electron chi connectivity index (χ4n) is 2.77. The number of methoxy groups -OCH3 is 1. The average molecular weight is 359 g/mol. The number of hydrazone groups is 1. The molecule has 1 aromatic rings. The van der Waals surface area contributed by atoms with Gasteiger partial charge in [-0.15, -0.1) is 0 Å². The van der Waals surface area contributed by atoms with Crippen LogP contribution in [0.5, 0.6) is 0 Å². The molecule has 1 aliphatic heterocycles. The molecule has 0 aliphatic carbocycles. The number of halogens is 2. The summed E-state index contributed by atoms with van der Waals surface area (Å²) in [6.07, 6.45) is 0.960. The van der Waals surface area contributed by atoms with Crippen molar-refractivity contribution in [1.82, 2.24) is 0 Å². The number of benzene rings is 1. The maximum absolute atomic E-state index is 10.8. The highest BCUT2D eigenvalue weighted by atomic mass is 35.5. The van der Waals surface area contributed by atoms with Gasteiger partial charge in [0.1, 0.15) is 0 Å². The van der Waals surface area contributed by atoms with E-state index < -0.39 is 11.7 Å². The smallest absolute Gasteiger partial charge is 0.303 e. The number of rotatable bonds is 6. The van der Waals surface area contributed by atoms with Crippen LogP contribution in [0.25, 0.3) is 0 Å². The highest BCUT2D eigenvalue weighted by Crippen LogP contribution is 2.42. The van der Waals surface area contributed by atoms with Gasteiger partial charge in [-0.25, -0.2) is 5.01 Å². The minimum atomic E-state index is -0.844. The van der Waals surface area contributed by atoms with E-state index in [1.807, 2.05) is 13.8 Å². The number of anilines is 1. The Morgan fingerprint density at radius 3 is 2.70 bits per heavy atom. The van der Waals surface area contributed by atoms with Crippen molar-refractivity contribution < 1.29 is 14.6 Å². The van der Waals surface area contributed by atoms with Crippen molar-refractivity contribution >= 4 is 40.6 Å². The Labute approximate surface area is 145 Å². The van der Waals surface area contributed by atoms with E-state index in [1.54, 1.807) is 30.3 Å². The lowest BCUT2D eigenvalue weighted by atomic mass is 9.92. The van der Waals surface area contributed by atoms with Crippen molar-refractivity contribution in [3.63, 3.8) is 0 Å². The Morgan fingerprint density at radius 2 is 2.17 bits per heavy atom. The third-order valence-electron chi connectivity index (χ3n) is 4.08. The number of hydrogen-bond acceptors (Lipinski definition) is 4. The van der Waals surface area contributed by atoms with Crippen LogP contribution >= 0.6 is 23.2 Å². The van der Waals surface area contributed by atoms with Gasteiger partial charge in [0.05, 0.1) is 17.1 Å². The standard InChI is InChI=1S/C16H20Cl2N2O3/c1-10(2)16(23-3)9-12(5-7-15(21)22)19-20(16)14-6-4-11(17)8-13(14)18/h4,6,8,10H,5,7,9H2,1-3H3,(H,21,22). The van der Waals surface area contributed by atoms with Crippen LogP contribution < -0.4 is 5.01 Å². The van der Waals surface area contributed by atoms with Crippen molar-refractivity contribution in [2.75, 3.05) is 12.1 Å². The van der Waals surface area contributed by atoms with Gasteiger partial charge in [0, 0.05) is 30.2 Å². The van der Waals surface area contributed by atoms with E-state index in [-0.39, 0.29) is 12.3 Å². The van der Waals surface area contributed by atoms with E-state index in [1.165, 1.54) is 0 Å². The van der Waals surface area contributed by atoms with Crippen LogP contribution in [0.4, 0.5) is 5.69 Å². The van der Waals surface area contributed by atoms with Gasteiger partial charge in [0.25, 0.3) is 0 Å². The predicted octanol–water partition coefficient (Wildman–Crippen LogP) is 4.42. The molecule has 0 bridgehead atoms. The van der Waals surface area contributed by atoms with Crippen LogP contribution in [0.1, 0.15) is 33.1 Å². The van der Waals surface area contributed by atoms with E-state index in [0.717, 1.165) is 5.71 Å². The lowest BCUT2D eigenvalue weighted by molar-refractivity contribution is -0.136. The molecule has 0 saturated heterocycles. The number of hydrogen-bond donors (Lipinski definition) is 1. The van der Waals surface area contributed by atoms with Gasteiger partial charge in [-0.3, -0.25) is 4.79 Å². The molecule has 0 spiro atoms. The van der Waals surface area contributed by atoms with Gasteiger partial charge >= 0.3 is 5.97 Å². The average Bonchev–Trinajstić information content (AvgIpc) is 2.85. The molecule has 1 aliphatic rings. The van der Waals surface area contributed by atoms with Gasteiger partial charge < -0.3 is 9.84 Å². The van der Waals surface area contributed by atoms with Crippen LogP contribution in [0.2, 0.25) is 10.0 Å². The third kappa shape index (κ3) is 3.62. The number of carbonyl (C=O) groups is 1. The summed E-state index contributed by atoms with van der Waals surface area (Å²) in [6, 6.07) is 5.20. The Morgan fingerprint density at radius 1 is 1.48 bits per heavy atom.